The Kier molecular flexibility index (Phi) is 6.41. The van der Waals surface area contributed by atoms with E-state index >= 15 is 0 Å². The van der Waals surface area contributed by atoms with Crippen LogP contribution < -0.4 is 14.4 Å². The number of fused-ring (bicyclic) bond motifs is 1. The van der Waals surface area contributed by atoms with Gasteiger partial charge in [0.05, 0.1) is 43.0 Å². The third-order valence-corrected chi connectivity index (χ3v) is 6.66. The Morgan fingerprint density at radius 3 is 2.70 bits per heavy atom. The average Bonchev–Trinajstić information content (AvgIpc) is 3.43. The molecule has 0 aliphatic carbocycles. The van der Waals surface area contributed by atoms with E-state index < -0.39 is 0 Å². The van der Waals surface area contributed by atoms with Gasteiger partial charge in [0, 0.05) is 6.61 Å². The Morgan fingerprint density at radius 1 is 1.23 bits per heavy atom. The Hall–Kier alpha value is -2.35. The number of anilines is 1. The first-order valence-corrected chi connectivity index (χ1v) is 11.0. The first-order chi connectivity index (χ1) is 14.6. The summed E-state index contributed by atoms with van der Waals surface area (Å²) in [4.78, 5) is 19.8. The number of hydrogen-bond acceptors (Lipinski definition) is 6. The van der Waals surface area contributed by atoms with E-state index in [1.165, 1.54) is 11.3 Å². The largest absolute Gasteiger partial charge is 0.497 e. The van der Waals surface area contributed by atoms with Crippen LogP contribution in [0, 0.1) is 0 Å². The summed E-state index contributed by atoms with van der Waals surface area (Å²) in [6.07, 6.45) is 2.21. The number of carbonyl (C=O) groups excluding carboxylic acids is 1. The van der Waals surface area contributed by atoms with Crippen LogP contribution in [0.4, 0.5) is 5.13 Å². The summed E-state index contributed by atoms with van der Waals surface area (Å²) in [5, 5.41) is 1.19. The second kappa shape index (κ2) is 9.20. The van der Waals surface area contributed by atoms with Crippen LogP contribution in [0.25, 0.3) is 10.2 Å². The topological polar surface area (TPSA) is 60.9 Å². The highest BCUT2D eigenvalue weighted by molar-refractivity contribution is 7.23. The van der Waals surface area contributed by atoms with Crippen LogP contribution in [0.2, 0.25) is 5.02 Å². The molecule has 1 amide bonds. The van der Waals surface area contributed by atoms with Gasteiger partial charge in [0.15, 0.2) is 5.13 Å². The summed E-state index contributed by atoms with van der Waals surface area (Å²) in [5.74, 6) is 1.36. The molecule has 4 rings (SSSR count). The van der Waals surface area contributed by atoms with Crippen LogP contribution in [0.15, 0.2) is 36.4 Å². The zero-order chi connectivity index (χ0) is 21.1. The molecule has 0 saturated carbocycles. The number of hydrogen-bond donors (Lipinski definition) is 0. The van der Waals surface area contributed by atoms with Crippen molar-refractivity contribution in [3.05, 3.63) is 47.0 Å². The second-order valence-corrected chi connectivity index (χ2v) is 8.47. The summed E-state index contributed by atoms with van der Waals surface area (Å²) in [5.41, 5.74) is 1.58. The minimum absolute atomic E-state index is 0.00852. The third-order valence-electron chi connectivity index (χ3n) is 5.12. The maximum atomic E-state index is 13.3. The number of halogens is 1. The quantitative estimate of drug-likeness (QED) is 0.525. The van der Waals surface area contributed by atoms with Crippen LogP contribution >= 0.6 is 22.9 Å². The van der Waals surface area contributed by atoms with E-state index in [-0.39, 0.29) is 18.4 Å². The first kappa shape index (κ1) is 20.9. The number of benzene rings is 2. The molecule has 1 aromatic heterocycles. The van der Waals surface area contributed by atoms with E-state index in [4.69, 9.17) is 30.8 Å². The van der Waals surface area contributed by atoms with Gasteiger partial charge in [0.2, 0.25) is 5.91 Å². The van der Waals surface area contributed by atoms with Crippen molar-refractivity contribution in [2.24, 2.45) is 0 Å². The summed E-state index contributed by atoms with van der Waals surface area (Å²) in [6.45, 7) is 1.19. The molecule has 1 atom stereocenters. The number of methoxy groups -OCH3 is 2. The Bertz CT molecular complexity index is 1030. The van der Waals surface area contributed by atoms with Crippen molar-refractivity contribution in [2.75, 3.05) is 32.3 Å². The molecule has 0 bridgehead atoms. The molecule has 2 heterocycles. The van der Waals surface area contributed by atoms with E-state index in [0.717, 1.165) is 35.5 Å². The highest BCUT2D eigenvalue weighted by Gasteiger charge is 2.27. The molecule has 3 aromatic rings. The minimum Gasteiger partial charge on any atom is -0.497 e. The molecule has 1 saturated heterocycles. The van der Waals surface area contributed by atoms with Gasteiger partial charge in [-0.15, -0.1) is 0 Å². The molecule has 8 heteroatoms. The van der Waals surface area contributed by atoms with Crippen molar-refractivity contribution in [3.8, 4) is 11.5 Å². The molecule has 0 radical (unpaired) electrons. The molecule has 1 unspecified atom stereocenters. The van der Waals surface area contributed by atoms with Crippen molar-refractivity contribution in [3.63, 3.8) is 0 Å². The van der Waals surface area contributed by atoms with Gasteiger partial charge in [-0.25, -0.2) is 4.98 Å². The number of nitrogens with zero attached hydrogens (tertiary/aromatic N) is 2. The Labute approximate surface area is 184 Å². The molecule has 2 aromatic carbocycles. The minimum atomic E-state index is -0.0372. The van der Waals surface area contributed by atoms with Gasteiger partial charge in [-0.2, -0.15) is 0 Å². The highest BCUT2D eigenvalue weighted by atomic mass is 35.5. The third kappa shape index (κ3) is 4.38. The van der Waals surface area contributed by atoms with Crippen LogP contribution in [0.5, 0.6) is 11.5 Å². The monoisotopic (exact) mass is 446 g/mol. The fraction of sp³-hybridized carbons (Fsp3) is 0.364. The van der Waals surface area contributed by atoms with E-state index in [1.807, 2.05) is 24.3 Å². The van der Waals surface area contributed by atoms with Crippen LogP contribution in [-0.4, -0.2) is 44.4 Å². The molecule has 1 fully saturated rings. The van der Waals surface area contributed by atoms with Gasteiger partial charge in [-0.3, -0.25) is 9.69 Å². The SMILES string of the molecule is COc1ccc(CC(=O)N(CC2CCCO2)c2nc3c(OC)ccc(Cl)c3s2)cc1. The van der Waals surface area contributed by atoms with Gasteiger partial charge in [-0.05, 0) is 42.7 Å². The summed E-state index contributed by atoms with van der Waals surface area (Å²) in [6, 6.07) is 11.1. The normalized spacial score (nSPS) is 16.0. The summed E-state index contributed by atoms with van der Waals surface area (Å²) >= 11 is 7.78. The van der Waals surface area contributed by atoms with E-state index in [1.54, 1.807) is 31.3 Å². The van der Waals surface area contributed by atoms with Gasteiger partial charge in [0.1, 0.15) is 17.0 Å². The molecule has 0 N–H and O–H groups in total. The zero-order valence-electron chi connectivity index (χ0n) is 16.9. The van der Waals surface area contributed by atoms with Crippen LogP contribution in [0.3, 0.4) is 0 Å². The van der Waals surface area contributed by atoms with E-state index in [2.05, 4.69) is 0 Å². The first-order valence-electron chi connectivity index (χ1n) is 9.77. The highest BCUT2D eigenvalue weighted by Crippen LogP contribution is 2.39. The van der Waals surface area contributed by atoms with Crippen molar-refractivity contribution in [1.29, 1.82) is 0 Å². The fourth-order valence-electron chi connectivity index (χ4n) is 3.51. The Morgan fingerprint density at radius 2 is 2.03 bits per heavy atom. The lowest BCUT2D eigenvalue weighted by Gasteiger charge is -2.23. The smallest absolute Gasteiger partial charge is 0.233 e. The number of ether oxygens (including phenoxy) is 3. The molecule has 1 aliphatic rings. The number of aromatic nitrogens is 1. The lowest BCUT2D eigenvalue weighted by molar-refractivity contribution is -0.118. The number of carbonyl (C=O) groups is 1. The average molecular weight is 447 g/mol. The zero-order valence-corrected chi connectivity index (χ0v) is 18.5. The van der Waals surface area contributed by atoms with Crippen molar-refractivity contribution >= 4 is 44.2 Å². The van der Waals surface area contributed by atoms with E-state index in [0.29, 0.717) is 28.0 Å². The Balaban J connectivity index is 1.65. The molecule has 158 valence electrons. The van der Waals surface area contributed by atoms with E-state index in [9.17, 15) is 4.79 Å². The van der Waals surface area contributed by atoms with Gasteiger partial charge in [-0.1, -0.05) is 35.1 Å². The molecule has 0 spiro atoms. The van der Waals surface area contributed by atoms with Crippen LogP contribution in [-0.2, 0) is 16.0 Å². The molecule has 30 heavy (non-hydrogen) atoms. The number of thiazole rings is 1. The molecule has 6 nitrogen and oxygen atoms in total. The lowest BCUT2D eigenvalue weighted by Crippen LogP contribution is -2.38. The molecular weight excluding hydrogens is 424 g/mol. The number of amides is 1. The maximum Gasteiger partial charge on any atom is 0.233 e. The molecular formula is C22H23ClN2O4S. The predicted molar refractivity (Wildman–Crippen MR) is 119 cm³/mol. The summed E-state index contributed by atoms with van der Waals surface area (Å²) in [7, 11) is 3.22. The van der Waals surface area contributed by atoms with Crippen molar-refractivity contribution in [1.82, 2.24) is 4.98 Å². The van der Waals surface area contributed by atoms with Crippen LogP contribution in [0.1, 0.15) is 18.4 Å². The fourth-order valence-corrected chi connectivity index (χ4v) is 4.80. The van der Waals surface area contributed by atoms with Gasteiger partial charge < -0.3 is 14.2 Å². The number of rotatable bonds is 7. The molecule has 1 aliphatic heterocycles. The van der Waals surface area contributed by atoms with Crippen molar-refractivity contribution in [2.45, 2.75) is 25.4 Å². The predicted octanol–water partition coefficient (Wildman–Crippen LogP) is 4.72. The summed E-state index contributed by atoms with van der Waals surface area (Å²) < 4.78 is 17.2. The maximum absolute atomic E-state index is 13.3. The van der Waals surface area contributed by atoms with Gasteiger partial charge in [0.25, 0.3) is 0 Å². The second-order valence-electron chi connectivity index (χ2n) is 7.09. The standard InChI is InChI=1S/C22H23ClN2O4S/c1-27-15-7-5-14(6-8-15)12-19(26)25(13-16-4-3-11-29-16)22-24-20-18(28-2)10-9-17(23)21(20)30-22/h5-10,16H,3-4,11-13H2,1-2H3. The lowest BCUT2D eigenvalue weighted by atomic mass is 10.1. The van der Waals surface area contributed by atoms with Gasteiger partial charge >= 0.3 is 0 Å². The van der Waals surface area contributed by atoms with Crippen molar-refractivity contribution < 1.29 is 19.0 Å².